The number of benzene rings is 1. The molecule has 24 heavy (non-hydrogen) atoms. The zero-order chi connectivity index (χ0) is 17.1. The van der Waals surface area contributed by atoms with Crippen LogP contribution in [0.4, 0.5) is 14.5 Å². The Morgan fingerprint density at radius 3 is 2.88 bits per heavy atom. The lowest BCUT2D eigenvalue weighted by molar-refractivity contribution is -0.113. The minimum absolute atomic E-state index is 0.0791. The summed E-state index contributed by atoms with van der Waals surface area (Å²) in [6.07, 6.45) is 1.47. The van der Waals surface area contributed by atoms with Crippen LogP contribution in [-0.2, 0) is 4.79 Å². The lowest BCUT2D eigenvalue weighted by atomic mass is 10.3. The number of hydrogen-bond acceptors (Lipinski definition) is 6. The molecule has 0 spiro atoms. The summed E-state index contributed by atoms with van der Waals surface area (Å²) in [6.45, 7) is 0. The molecule has 1 amide bonds. The molecule has 0 saturated heterocycles. The summed E-state index contributed by atoms with van der Waals surface area (Å²) in [5.74, 6) is 4.46. The summed E-state index contributed by atoms with van der Waals surface area (Å²) in [5.41, 5.74) is -0.104. The van der Waals surface area contributed by atoms with Crippen LogP contribution in [-0.4, -0.2) is 26.5 Å². The highest BCUT2D eigenvalue weighted by molar-refractivity contribution is 7.99. The van der Waals surface area contributed by atoms with Crippen LogP contribution in [0.15, 0.2) is 46.2 Å². The van der Waals surface area contributed by atoms with Crippen molar-refractivity contribution in [3.05, 3.63) is 48.2 Å². The van der Waals surface area contributed by atoms with Crippen LogP contribution in [0.1, 0.15) is 0 Å². The first-order valence-corrected chi connectivity index (χ1v) is 7.65. The number of carbonyl (C=O) groups excluding carboxylic acids is 1. The van der Waals surface area contributed by atoms with E-state index in [1.807, 2.05) is 0 Å². The van der Waals surface area contributed by atoms with Gasteiger partial charge in [-0.05, 0) is 24.3 Å². The zero-order valence-corrected chi connectivity index (χ0v) is 12.9. The molecule has 3 aromatic rings. The number of nitrogens with two attached hydrogens (primary N) is 1. The van der Waals surface area contributed by atoms with Crippen LogP contribution < -0.4 is 11.2 Å². The van der Waals surface area contributed by atoms with E-state index < -0.39 is 17.5 Å². The van der Waals surface area contributed by atoms with Gasteiger partial charge in [-0.15, -0.1) is 10.2 Å². The number of amides is 1. The third-order valence-electron chi connectivity index (χ3n) is 2.94. The molecular formula is C14H11F2N5O2S. The molecule has 124 valence electrons. The number of anilines is 1. The third kappa shape index (κ3) is 3.38. The molecule has 0 saturated carbocycles. The maximum Gasteiger partial charge on any atom is 0.234 e. The zero-order valence-electron chi connectivity index (χ0n) is 12.1. The molecule has 0 aliphatic heterocycles. The van der Waals surface area contributed by atoms with E-state index in [0.29, 0.717) is 17.7 Å². The van der Waals surface area contributed by atoms with E-state index in [1.165, 1.54) is 10.9 Å². The molecule has 2 heterocycles. The molecule has 7 nitrogen and oxygen atoms in total. The minimum atomic E-state index is -0.851. The number of carbonyl (C=O) groups is 1. The average Bonchev–Trinajstić information content (AvgIpc) is 3.18. The molecule has 0 aliphatic carbocycles. The molecule has 3 rings (SSSR count). The third-order valence-corrected chi connectivity index (χ3v) is 3.89. The van der Waals surface area contributed by atoms with Crippen molar-refractivity contribution in [2.24, 2.45) is 0 Å². The van der Waals surface area contributed by atoms with E-state index in [4.69, 9.17) is 10.3 Å². The lowest BCUT2D eigenvalue weighted by Crippen LogP contribution is -2.17. The van der Waals surface area contributed by atoms with Crippen LogP contribution in [0, 0.1) is 11.6 Å². The Balaban J connectivity index is 1.62. The van der Waals surface area contributed by atoms with Gasteiger partial charge in [0.15, 0.2) is 5.76 Å². The first-order valence-electron chi connectivity index (χ1n) is 6.66. The maximum atomic E-state index is 13.5. The van der Waals surface area contributed by atoms with Crippen molar-refractivity contribution in [3.8, 4) is 11.6 Å². The fourth-order valence-electron chi connectivity index (χ4n) is 1.86. The van der Waals surface area contributed by atoms with Crippen LogP contribution in [0.5, 0.6) is 0 Å². The van der Waals surface area contributed by atoms with Crippen LogP contribution >= 0.6 is 11.8 Å². The van der Waals surface area contributed by atoms with Gasteiger partial charge >= 0.3 is 0 Å². The van der Waals surface area contributed by atoms with Crippen LogP contribution in [0.3, 0.4) is 0 Å². The number of nitrogens with zero attached hydrogens (tertiary/aromatic N) is 3. The van der Waals surface area contributed by atoms with Crippen molar-refractivity contribution in [1.29, 1.82) is 0 Å². The highest BCUT2D eigenvalue weighted by atomic mass is 32.2. The fraction of sp³-hybridized carbons (Fsp3) is 0.0714. The summed E-state index contributed by atoms with van der Waals surface area (Å²) in [5, 5.41) is 10.4. The minimum Gasteiger partial charge on any atom is -0.461 e. The summed E-state index contributed by atoms with van der Waals surface area (Å²) in [7, 11) is 0. The summed E-state index contributed by atoms with van der Waals surface area (Å²) in [4.78, 5) is 11.9. The van der Waals surface area contributed by atoms with Gasteiger partial charge in [-0.3, -0.25) is 4.79 Å². The van der Waals surface area contributed by atoms with Gasteiger partial charge in [-0.25, -0.2) is 13.5 Å². The molecule has 3 N–H and O–H groups in total. The number of nitrogens with one attached hydrogen (secondary N) is 1. The molecule has 1 aromatic carbocycles. The fourth-order valence-corrected chi connectivity index (χ4v) is 2.51. The van der Waals surface area contributed by atoms with Crippen molar-refractivity contribution in [2.75, 3.05) is 16.9 Å². The maximum absolute atomic E-state index is 13.5. The highest BCUT2D eigenvalue weighted by Crippen LogP contribution is 2.22. The number of hydrogen-bond donors (Lipinski definition) is 2. The van der Waals surface area contributed by atoms with Gasteiger partial charge in [0.1, 0.15) is 11.6 Å². The van der Waals surface area contributed by atoms with E-state index in [2.05, 4.69) is 15.5 Å². The second-order valence-corrected chi connectivity index (χ2v) is 5.56. The second kappa shape index (κ2) is 6.71. The predicted molar refractivity (Wildman–Crippen MR) is 83.6 cm³/mol. The summed E-state index contributed by atoms with van der Waals surface area (Å²) >= 11 is 1.02. The number of aromatic nitrogens is 3. The van der Waals surface area contributed by atoms with Gasteiger partial charge in [-0.2, -0.15) is 0 Å². The number of halogens is 2. The Morgan fingerprint density at radius 1 is 1.33 bits per heavy atom. The molecule has 2 aromatic heterocycles. The van der Waals surface area contributed by atoms with Crippen molar-refractivity contribution in [3.63, 3.8) is 0 Å². The Labute approximate surface area is 138 Å². The summed E-state index contributed by atoms with van der Waals surface area (Å²) < 4.78 is 32.7. The summed E-state index contributed by atoms with van der Waals surface area (Å²) in [6, 6.07) is 6.24. The van der Waals surface area contributed by atoms with Gasteiger partial charge in [-0.1, -0.05) is 11.8 Å². The number of rotatable bonds is 5. The molecule has 0 aliphatic rings. The van der Waals surface area contributed by atoms with E-state index in [-0.39, 0.29) is 16.6 Å². The van der Waals surface area contributed by atoms with E-state index in [1.54, 1.807) is 12.1 Å². The lowest BCUT2D eigenvalue weighted by Gasteiger charge is -2.06. The van der Waals surface area contributed by atoms with Crippen LogP contribution in [0.25, 0.3) is 11.6 Å². The average molecular weight is 351 g/mol. The number of nitrogen functional groups attached to an aromatic ring is 1. The Kier molecular flexibility index (Phi) is 4.47. The standard InChI is InChI=1S/C14H11F2N5O2S/c15-8-3-4-10(9(16)6-8)18-12(22)7-24-14-20-19-13(21(14)17)11-2-1-5-23-11/h1-6H,7,17H2,(H,18,22). The largest absolute Gasteiger partial charge is 0.461 e. The molecule has 0 unspecified atom stereocenters. The van der Waals surface area contributed by atoms with Crippen molar-refractivity contribution in [1.82, 2.24) is 14.9 Å². The Bertz CT molecular complexity index is 866. The van der Waals surface area contributed by atoms with Crippen molar-refractivity contribution >= 4 is 23.4 Å². The SMILES string of the molecule is Nn1c(SCC(=O)Nc2ccc(F)cc2F)nnc1-c1ccco1. The molecule has 0 bridgehead atoms. The van der Waals surface area contributed by atoms with Gasteiger partial charge < -0.3 is 15.6 Å². The van der Waals surface area contributed by atoms with Crippen molar-refractivity contribution in [2.45, 2.75) is 5.16 Å². The number of thioether (sulfide) groups is 1. The topological polar surface area (TPSA) is 99.0 Å². The van der Waals surface area contributed by atoms with Crippen molar-refractivity contribution < 1.29 is 18.0 Å². The second-order valence-electron chi connectivity index (χ2n) is 4.61. The van der Waals surface area contributed by atoms with Gasteiger partial charge in [0, 0.05) is 6.07 Å². The van der Waals surface area contributed by atoms with E-state index in [9.17, 15) is 13.6 Å². The Morgan fingerprint density at radius 2 is 2.17 bits per heavy atom. The van der Waals surface area contributed by atoms with Gasteiger partial charge in [0.2, 0.25) is 16.9 Å². The molecule has 0 fully saturated rings. The smallest absolute Gasteiger partial charge is 0.234 e. The van der Waals surface area contributed by atoms with E-state index >= 15 is 0 Å². The Hall–Kier alpha value is -2.88. The highest BCUT2D eigenvalue weighted by Gasteiger charge is 2.16. The number of furan rings is 1. The monoisotopic (exact) mass is 351 g/mol. The van der Waals surface area contributed by atoms with Crippen LogP contribution in [0.2, 0.25) is 0 Å². The normalized spacial score (nSPS) is 10.8. The first-order chi connectivity index (χ1) is 11.5. The first kappa shape index (κ1) is 16.0. The van der Waals surface area contributed by atoms with Gasteiger partial charge in [0.25, 0.3) is 0 Å². The molecule has 0 atom stereocenters. The quantitative estimate of drug-likeness (QED) is 0.540. The molecule has 0 radical (unpaired) electrons. The predicted octanol–water partition coefficient (Wildman–Crippen LogP) is 2.26. The van der Waals surface area contributed by atoms with E-state index in [0.717, 1.165) is 23.9 Å². The molecular weight excluding hydrogens is 340 g/mol. The molecule has 10 heteroatoms. The van der Waals surface area contributed by atoms with Gasteiger partial charge in [0.05, 0.1) is 17.7 Å².